The normalized spacial score (nSPS) is 11.3. The van der Waals surface area contributed by atoms with Crippen LogP contribution in [0, 0.1) is 5.92 Å². The second-order valence-electron chi connectivity index (χ2n) is 5.04. The van der Waals surface area contributed by atoms with E-state index in [2.05, 4.69) is 32.6 Å². The summed E-state index contributed by atoms with van der Waals surface area (Å²) in [6.45, 7) is 11.7. The fourth-order valence-electron chi connectivity index (χ4n) is 2.30. The lowest BCUT2D eigenvalue weighted by Crippen LogP contribution is -2.28. The van der Waals surface area contributed by atoms with E-state index in [0.717, 1.165) is 31.8 Å². The molecule has 1 aromatic rings. The highest BCUT2D eigenvalue weighted by molar-refractivity contribution is 7.15. The van der Waals surface area contributed by atoms with Gasteiger partial charge >= 0.3 is 0 Å². The molecule has 0 saturated carbocycles. The fourth-order valence-corrected chi connectivity index (χ4v) is 3.36. The molecule has 19 heavy (non-hydrogen) atoms. The fraction of sp³-hybridized carbons (Fsp3) is 0.800. The van der Waals surface area contributed by atoms with Crippen molar-refractivity contribution < 1.29 is 0 Å². The van der Waals surface area contributed by atoms with Crippen molar-refractivity contribution in [2.75, 3.05) is 18.0 Å². The van der Waals surface area contributed by atoms with Crippen LogP contribution in [0.2, 0.25) is 0 Å². The zero-order chi connectivity index (χ0) is 14.3. The predicted molar refractivity (Wildman–Crippen MR) is 86.0 cm³/mol. The minimum absolute atomic E-state index is 0.621. The van der Waals surface area contributed by atoms with Crippen molar-refractivity contribution in [2.45, 2.75) is 59.9 Å². The van der Waals surface area contributed by atoms with Gasteiger partial charge in [-0.1, -0.05) is 40.0 Å². The van der Waals surface area contributed by atoms with Crippen LogP contribution < -0.4 is 10.6 Å². The van der Waals surface area contributed by atoms with Crippen LogP contribution in [0.15, 0.2) is 0 Å². The van der Waals surface area contributed by atoms with Gasteiger partial charge in [-0.15, -0.1) is 11.3 Å². The molecule has 1 heterocycles. The first-order valence-corrected chi connectivity index (χ1v) is 8.45. The van der Waals surface area contributed by atoms with Gasteiger partial charge in [0.1, 0.15) is 0 Å². The summed E-state index contributed by atoms with van der Waals surface area (Å²) in [6.07, 6.45) is 4.66. The molecule has 0 radical (unpaired) electrons. The Morgan fingerprint density at radius 1 is 1.21 bits per heavy atom. The summed E-state index contributed by atoms with van der Waals surface area (Å²) >= 11 is 1.78. The largest absolute Gasteiger partial charge is 0.348 e. The molecule has 0 bridgehead atoms. The van der Waals surface area contributed by atoms with Crippen molar-refractivity contribution in [2.24, 2.45) is 11.7 Å². The molecule has 0 aromatic carbocycles. The van der Waals surface area contributed by atoms with Gasteiger partial charge in [0.15, 0.2) is 5.13 Å². The lowest BCUT2D eigenvalue weighted by molar-refractivity contribution is 0.485. The Balaban J connectivity index is 2.85. The smallest absolute Gasteiger partial charge is 0.185 e. The number of aromatic nitrogens is 1. The Labute approximate surface area is 122 Å². The lowest BCUT2D eigenvalue weighted by Gasteiger charge is -2.24. The third kappa shape index (κ3) is 4.46. The molecule has 4 heteroatoms. The Bertz CT molecular complexity index is 358. The quantitative estimate of drug-likeness (QED) is 0.749. The van der Waals surface area contributed by atoms with E-state index in [9.17, 15) is 0 Å². The molecular formula is C15H29N3S. The van der Waals surface area contributed by atoms with Crippen molar-refractivity contribution >= 4 is 16.5 Å². The molecule has 2 N–H and O–H groups in total. The van der Waals surface area contributed by atoms with Crippen LogP contribution in [-0.4, -0.2) is 18.1 Å². The topological polar surface area (TPSA) is 42.2 Å². The first-order chi connectivity index (χ1) is 9.19. The van der Waals surface area contributed by atoms with E-state index >= 15 is 0 Å². The molecule has 0 saturated heterocycles. The molecule has 1 aromatic heterocycles. The monoisotopic (exact) mass is 283 g/mol. The van der Waals surface area contributed by atoms with Gasteiger partial charge in [-0.3, -0.25) is 0 Å². The second kappa shape index (κ2) is 8.54. The van der Waals surface area contributed by atoms with Crippen LogP contribution >= 0.6 is 11.3 Å². The molecule has 0 aliphatic heterocycles. The third-order valence-corrected chi connectivity index (χ3v) is 4.91. The number of thiazole rings is 1. The van der Waals surface area contributed by atoms with E-state index in [0.29, 0.717) is 6.54 Å². The molecule has 0 aliphatic rings. The van der Waals surface area contributed by atoms with Gasteiger partial charge in [0.25, 0.3) is 0 Å². The molecule has 3 nitrogen and oxygen atoms in total. The maximum Gasteiger partial charge on any atom is 0.185 e. The van der Waals surface area contributed by atoms with E-state index in [-0.39, 0.29) is 0 Å². The van der Waals surface area contributed by atoms with Crippen LogP contribution in [0.4, 0.5) is 5.13 Å². The number of aryl methyl sites for hydroxylation is 1. The standard InChI is InChI=1S/C15H29N3S/c1-5-9-13-14(10-16)19-15(17-13)18(8-4)11-12(6-2)7-3/h12H,5-11,16H2,1-4H3. The minimum atomic E-state index is 0.621. The number of anilines is 1. The third-order valence-electron chi connectivity index (χ3n) is 3.72. The zero-order valence-electron chi connectivity index (χ0n) is 12.9. The van der Waals surface area contributed by atoms with Crippen LogP contribution in [0.3, 0.4) is 0 Å². The van der Waals surface area contributed by atoms with Gasteiger partial charge in [0, 0.05) is 24.5 Å². The van der Waals surface area contributed by atoms with Crippen molar-refractivity contribution in [3.63, 3.8) is 0 Å². The summed E-state index contributed by atoms with van der Waals surface area (Å²) < 4.78 is 0. The minimum Gasteiger partial charge on any atom is -0.348 e. The summed E-state index contributed by atoms with van der Waals surface area (Å²) in [5.74, 6) is 0.764. The van der Waals surface area contributed by atoms with Crippen molar-refractivity contribution in [1.82, 2.24) is 4.98 Å². The van der Waals surface area contributed by atoms with Crippen LogP contribution in [-0.2, 0) is 13.0 Å². The van der Waals surface area contributed by atoms with Crippen molar-refractivity contribution in [3.8, 4) is 0 Å². The Hall–Kier alpha value is -0.610. The average molecular weight is 283 g/mol. The van der Waals surface area contributed by atoms with E-state index in [4.69, 9.17) is 10.7 Å². The van der Waals surface area contributed by atoms with Crippen molar-refractivity contribution in [1.29, 1.82) is 0 Å². The molecule has 0 atom stereocenters. The Morgan fingerprint density at radius 2 is 1.89 bits per heavy atom. The summed E-state index contributed by atoms with van der Waals surface area (Å²) in [6, 6.07) is 0. The molecule has 0 spiro atoms. The van der Waals surface area contributed by atoms with E-state index in [1.165, 1.54) is 28.5 Å². The molecule has 1 rings (SSSR count). The lowest BCUT2D eigenvalue weighted by atomic mass is 10.0. The Kier molecular flexibility index (Phi) is 7.39. The highest BCUT2D eigenvalue weighted by atomic mass is 32.1. The highest BCUT2D eigenvalue weighted by Crippen LogP contribution is 2.28. The molecule has 0 amide bonds. The van der Waals surface area contributed by atoms with E-state index in [1.54, 1.807) is 11.3 Å². The van der Waals surface area contributed by atoms with Gasteiger partial charge < -0.3 is 10.6 Å². The maximum absolute atomic E-state index is 5.84. The van der Waals surface area contributed by atoms with Crippen LogP contribution in [0.5, 0.6) is 0 Å². The van der Waals surface area contributed by atoms with Crippen molar-refractivity contribution in [3.05, 3.63) is 10.6 Å². The average Bonchev–Trinajstić information content (AvgIpc) is 2.84. The number of nitrogens with two attached hydrogens (primary N) is 1. The molecule has 110 valence electrons. The van der Waals surface area contributed by atoms with E-state index < -0.39 is 0 Å². The van der Waals surface area contributed by atoms with Crippen LogP contribution in [0.1, 0.15) is 57.5 Å². The van der Waals surface area contributed by atoms with Gasteiger partial charge in [-0.25, -0.2) is 4.98 Å². The van der Waals surface area contributed by atoms with E-state index in [1.807, 2.05) is 0 Å². The summed E-state index contributed by atoms with van der Waals surface area (Å²) in [5, 5.41) is 1.17. The number of nitrogens with zero attached hydrogens (tertiary/aromatic N) is 2. The number of rotatable bonds is 9. The SMILES string of the molecule is CCCc1nc(N(CC)CC(CC)CC)sc1CN. The van der Waals surface area contributed by atoms with Gasteiger partial charge in [0.2, 0.25) is 0 Å². The summed E-state index contributed by atoms with van der Waals surface area (Å²) in [5.41, 5.74) is 7.06. The molecular weight excluding hydrogens is 254 g/mol. The Morgan fingerprint density at radius 3 is 2.37 bits per heavy atom. The summed E-state index contributed by atoms with van der Waals surface area (Å²) in [7, 11) is 0. The first-order valence-electron chi connectivity index (χ1n) is 7.63. The number of hydrogen-bond donors (Lipinski definition) is 1. The molecule has 0 fully saturated rings. The van der Waals surface area contributed by atoms with Crippen LogP contribution in [0.25, 0.3) is 0 Å². The maximum atomic E-state index is 5.84. The zero-order valence-corrected chi connectivity index (χ0v) is 13.7. The second-order valence-corrected chi connectivity index (χ2v) is 6.10. The summed E-state index contributed by atoms with van der Waals surface area (Å²) in [4.78, 5) is 8.51. The predicted octanol–water partition coefficient (Wildman–Crippen LogP) is 3.82. The van der Waals surface area contributed by atoms with Gasteiger partial charge in [-0.05, 0) is 19.3 Å². The molecule has 0 unspecified atom stereocenters. The molecule has 0 aliphatic carbocycles. The van der Waals surface area contributed by atoms with Gasteiger partial charge in [0.05, 0.1) is 5.69 Å². The number of hydrogen-bond acceptors (Lipinski definition) is 4. The highest BCUT2D eigenvalue weighted by Gasteiger charge is 2.16. The first kappa shape index (κ1) is 16.4. The van der Waals surface area contributed by atoms with Gasteiger partial charge in [-0.2, -0.15) is 0 Å².